The fraction of sp³-hybridized carbons (Fsp3) is 0.462. The molecule has 4 bridgehead atoms. The predicted molar refractivity (Wildman–Crippen MR) is 121 cm³/mol. The Bertz CT molecular complexity index is 911. The van der Waals surface area contributed by atoms with Gasteiger partial charge in [-0.15, -0.1) is 0 Å². The summed E-state index contributed by atoms with van der Waals surface area (Å²) in [4.78, 5) is 24.8. The summed E-state index contributed by atoms with van der Waals surface area (Å²) in [5.74, 6) is 2.58. The van der Waals surface area contributed by atoms with E-state index < -0.39 is 0 Å². The van der Waals surface area contributed by atoms with Gasteiger partial charge in [-0.25, -0.2) is 0 Å². The molecule has 0 spiro atoms. The quantitative estimate of drug-likeness (QED) is 0.603. The number of carbonyl (C=O) groups is 2. The van der Waals surface area contributed by atoms with Crippen molar-refractivity contribution in [3.05, 3.63) is 60.5 Å². The van der Waals surface area contributed by atoms with Gasteiger partial charge in [-0.05, 0) is 97.6 Å². The zero-order valence-corrected chi connectivity index (χ0v) is 18.2. The smallest absolute Gasteiger partial charge is 0.244 e. The Hall–Kier alpha value is -3.02. The van der Waals surface area contributed by atoms with Crippen molar-refractivity contribution in [3.8, 4) is 0 Å². The van der Waals surface area contributed by atoms with Crippen molar-refractivity contribution < 1.29 is 18.4 Å². The van der Waals surface area contributed by atoms with Crippen LogP contribution in [0.25, 0.3) is 12.2 Å². The predicted octanol–water partition coefficient (Wildman–Crippen LogP) is 4.42. The van der Waals surface area contributed by atoms with Gasteiger partial charge in [-0.1, -0.05) is 0 Å². The largest absolute Gasteiger partial charge is 0.465 e. The summed E-state index contributed by atoms with van der Waals surface area (Å²) in [6, 6.07) is 7.26. The molecule has 6 nitrogen and oxygen atoms in total. The van der Waals surface area contributed by atoms with Gasteiger partial charge in [0.05, 0.1) is 12.5 Å². The summed E-state index contributed by atoms with van der Waals surface area (Å²) >= 11 is 0. The lowest BCUT2D eigenvalue weighted by Crippen LogP contribution is -2.58. The summed E-state index contributed by atoms with van der Waals surface area (Å²) in [7, 11) is 0. The van der Waals surface area contributed by atoms with Crippen molar-refractivity contribution in [2.75, 3.05) is 13.1 Å². The van der Waals surface area contributed by atoms with Crippen molar-refractivity contribution in [2.45, 2.75) is 38.5 Å². The van der Waals surface area contributed by atoms with Crippen LogP contribution in [0.15, 0.2) is 57.8 Å². The average Bonchev–Trinajstić information content (AvgIpc) is 3.47. The maximum atomic E-state index is 12.4. The number of hydrogen-bond donors (Lipinski definition) is 2. The summed E-state index contributed by atoms with van der Waals surface area (Å²) in [6.45, 7) is 1.41. The monoisotopic (exact) mass is 434 g/mol. The summed E-state index contributed by atoms with van der Waals surface area (Å²) in [5, 5.41) is 6.29. The van der Waals surface area contributed by atoms with Crippen molar-refractivity contribution in [2.24, 2.45) is 22.7 Å². The molecule has 4 aliphatic carbocycles. The molecule has 0 unspecified atom stereocenters. The van der Waals surface area contributed by atoms with Gasteiger partial charge in [0.2, 0.25) is 11.8 Å². The molecule has 4 aliphatic rings. The summed E-state index contributed by atoms with van der Waals surface area (Å²) < 4.78 is 10.5. The fourth-order valence-corrected chi connectivity index (χ4v) is 6.82. The Labute approximate surface area is 188 Å². The third-order valence-electron chi connectivity index (χ3n) is 7.46. The van der Waals surface area contributed by atoms with E-state index in [2.05, 4.69) is 10.6 Å². The molecule has 32 heavy (non-hydrogen) atoms. The van der Waals surface area contributed by atoms with E-state index in [1.54, 1.807) is 49.0 Å². The Balaban J connectivity index is 1.19. The minimum atomic E-state index is -0.0810. The van der Waals surface area contributed by atoms with Gasteiger partial charge in [-0.3, -0.25) is 9.59 Å². The van der Waals surface area contributed by atoms with Crippen molar-refractivity contribution in [1.29, 1.82) is 0 Å². The molecular weight excluding hydrogens is 404 g/mol. The maximum Gasteiger partial charge on any atom is 0.244 e. The van der Waals surface area contributed by atoms with Crippen molar-refractivity contribution >= 4 is 24.0 Å². The summed E-state index contributed by atoms with van der Waals surface area (Å²) in [5.41, 5.74) is 0.292. The number of rotatable bonds is 8. The standard InChI is InChI=1S/C26H30N2O4/c29-23(7-5-21-3-1-9-31-21)27-17-25-12-19-11-20(13-25)15-26(14-19,16-25)18-28-24(30)8-6-22-4-2-10-32-22/h1-10,19-20H,11-18H2,(H,27,29)(H,28,30)/b7-5-,8-6-. The van der Waals surface area contributed by atoms with Gasteiger partial charge in [-0.2, -0.15) is 0 Å². The molecule has 0 aromatic carbocycles. The van der Waals surface area contributed by atoms with E-state index >= 15 is 0 Å². The van der Waals surface area contributed by atoms with Crippen LogP contribution in [-0.4, -0.2) is 24.9 Å². The molecule has 0 atom stereocenters. The average molecular weight is 435 g/mol. The van der Waals surface area contributed by atoms with E-state index in [0.29, 0.717) is 36.4 Å². The molecule has 2 aromatic heterocycles. The molecular formula is C26H30N2O4. The molecule has 0 radical (unpaired) electrons. The number of furan rings is 2. The lowest BCUT2D eigenvalue weighted by Gasteiger charge is -2.62. The van der Waals surface area contributed by atoms with Gasteiger partial charge < -0.3 is 19.5 Å². The third-order valence-corrected chi connectivity index (χ3v) is 7.46. The van der Waals surface area contributed by atoms with Crippen LogP contribution in [0.2, 0.25) is 0 Å². The van der Waals surface area contributed by atoms with E-state index in [9.17, 15) is 9.59 Å². The van der Waals surface area contributed by atoms with Crippen LogP contribution in [0, 0.1) is 22.7 Å². The minimum absolute atomic E-state index is 0.0810. The molecule has 2 heterocycles. The normalized spacial score (nSPS) is 30.9. The van der Waals surface area contributed by atoms with Crippen LogP contribution in [-0.2, 0) is 9.59 Å². The second kappa shape index (κ2) is 8.49. The number of carbonyl (C=O) groups excluding carboxylic acids is 2. The van der Waals surface area contributed by atoms with Crippen LogP contribution in [0.3, 0.4) is 0 Å². The van der Waals surface area contributed by atoms with E-state index in [1.807, 2.05) is 12.1 Å². The Morgan fingerprint density at radius 3 is 1.72 bits per heavy atom. The highest BCUT2D eigenvalue weighted by Gasteiger charge is 2.57. The molecule has 2 aromatic rings. The first-order valence-corrected chi connectivity index (χ1v) is 11.5. The molecule has 2 N–H and O–H groups in total. The Kier molecular flexibility index (Phi) is 5.53. The zero-order chi connectivity index (χ0) is 22.0. The van der Waals surface area contributed by atoms with Gasteiger partial charge in [0.25, 0.3) is 0 Å². The van der Waals surface area contributed by atoms with E-state index in [1.165, 1.54) is 32.1 Å². The topological polar surface area (TPSA) is 84.5 Å². The highest BCUT2D eigenvalue weighted by atomic mass is 16.3. The molecule has 0 saturated heterocycles. The van der Waals surface area contributed by atoms with Crippen LogP contribution in [0.1, 0.15) is 50.0 Å². The minimum Gasteiger partial charge on any atom is -0.465 e. The molecule has 168 valence electrons. The molecule has 4 fully saturated rings. The van der Waals surface area contributed by atoms with Crippen LogP contribution < -0.4 is 10.6 Å². The number of nitrogens with one attached hydrogen (secondary N) is 2. The fourth-order valence-electron chi connectivity index (χ4n) is 6.82. The van der Waals surface area contributed by atoms with Gasteiger partial charge in [0.1, 0.15) is 11.5 Å². The zero-order valence-electron chi connectivity index (χ0n) is 18.2. The SMILES string of the molecule is O=C(/C=C\c1ccco1)NCC12CC3CC(C1)CC(CNC(=O)/C=C\c1ccco1)(C3)C2. The first-order valence-electron chi connectivity index (χ1n) is 11.5. The van der Waals surface area contributed by atoms with Gasteiger partial charge >= 0.3 is 0 Å². The molecule has 6 rings (SSSR count). The first kappa shape index (κ1) is 20.9. The number of hydrogen-bond acceptors (Lipinski definition) is 4. The Morgan fingerprint density at radius 1 is 0.844 bits per heavy atom. The maximum absolute atomic E-state index is 12.4. The lowest BCUT2D eigenvalue weighted by atomic mass is 9.44. The van der Waals surface area contributed by atoms with Gasteiger partial charge in [0, 0.05) is 25.2 Å². The third kappa shape index (κ3) is 4.59. The Morgan fingerprint density at radius 2 is 1.31 bits per heavy atom. The highest BCUT2D eigenvalue weighted by Crippen LogP contribution is 2.64. The summed E-state index contributed by atoms with van der Waals surface area (Å²) in [6.07, 6.45) is 16.8. The van der Waals surface area contributed by atoms with Crippen molar-refractivity contribution in [1.82, 2.24) is 10.6 Å². The van der Waals surface area contributed by atoms with Crippen LogP contribution >= 0.6 is 0 Å². The molecule has 0 aliphatic heterocycles. The first-order chi connectivity index (χ1) is 15.5. The van der Waals surface area contributed by atoms with Gasteiger partial charge in [0.15, 0.2) is 0 Å². The molecule has 2 amide bonds. The highest BCUT2D eigenvalue weighted by molar-refractivity contribution is 5.91. The van der Waals surface area contributed by atoms with Crippen LogP contribution in [0.4, 0.5) is 0 Å². The second-order valence-corrected chi connectivity index (χ2v) is 10.1. The molecule has 6 heteroatoms. The lowest BCUT2D eigenvalue weighted by molar-refractivity contribution is -0.127. The van der Waals surface area contributed by atoms with E-state index in [0.717, 1.165) is 6.42 Å². The van der Waals surface area contributed by atoms with E-state index in [4.69, 9.17) is 8.83 Å². The van der Waals surface area contributed by atoms with Crippen molar-refractivity contribution in [3.63, 3.8) is 0 Å². The second-order valence-electron chi connectivity index (χ2n) is 10.1. The van der Waals surface area contributed by atoms with Crippen LogP contribution in [0.5, 0.6) is 0 Å². The number of amides is 2. The van der Waals surface area contributed by atoms with E-state index in [-0.39, 0.29) is 22.6 Å². The molecule has 4 saturated carbocycles.